The summed E-state index contributed by atoms with van der Waals surface area (Å²) in [6.45, 7) is 5.99. The Labute approximate surface area is 124 Å². The Balaban J connectivity index is 1.64. The summed E-state index contributed by atoms with van der Waals surface area (Å²) in [4.78, 5) is 5.78. The van der Waals surface area contributed by atoms with Gasteiger partial charge in [0.25, 0.3) is 0 Å². The molecule has 0 fully saturated rings. The quantitative estimate of drug-likeness (QED) is 0.918. The van der Waals surface area contributed by atoms with Crippen LogP contribution in [0.4, 0.5) is 0 Å². The summed E-state index contributed by atoms with van der Waals surface area (Å²) in [5.74, 6) is 1.02. The van der Waals surface area contributed by atoms with E-state index in [1.54, 1.807) is 6.33 Å². The number of rotatable bonds is 5. The smallest absolute Gasteiger partial charge is 0.140 e. The summed E-state index contributed by atoms with van der Waals surface area (Å²) in [7, 11) is 0. The number of nitrogens with one attached hydrogen (secondary N) is 1. The number of thioether (sulfide) groups is 1. The van der Waals surface area contributed by atoms with Crippen LogP contribution in [0.25, 0.3) is 0 Å². The molecule has 0 saturated carbocycles. The maximum atomic E-state index is 4.37. The second-order valence-electron chi connectivity index (χ2n) is 5.45. The zero-order chi connectivity index (χ0) is 13.9. The number of hydrogen-bond donors (Lipinski definition) is 1. The summed E-state index contributed by atoms with van der Waals surface area (Å²) >= 11 is 1.96. The molecule has 1 N–H and O–H groups in total. The molecule has 106 valence electrons. The first-order valence-corrected chi connectivity index (χ1v) is 7.95. The van der Waals surface area contributed by atoms with Crippen molar-refractivity contribution in [2.45, 2.75) is 49.5 Å². The van der Waals surface area contributed by atoms with Gasteiger partial charge >= 0.3 is 0 Å². The highest BCUT2D eigenvalue weighted by atomic mass is 32.2. The van der Waals surface area contributed by atoms with Gasteiger partial charge < -0.3 is 5.32 Å². The van der Waals surface area contributed by atoms with Crippen LogP contribution in [0.5, 0.6) is 0 Å². The number of nitrogens with zero attached hydrogens (tertiary/aromatic N) is 3. The van der Waals surface area contributed by atoms with Gasteiger partial charge in [0, 0.05) is 16.2 Å². The molecule has 1 aromatic carbocycles. The molecule has 1 aliphatic heterocycles. The topological polar surface area (TPSA) is 42.7 Å². The first-order chi connectivity index (χ1) is 9.72. The van der Waals surface area contributed by atoms with Gasteiger partial charge in [-0.1, -0.05) is 32.0 Å². The fourth-order valence-corrected chi connectivity index (χ4v) is 3.72. The summed E-state index contributed by atoms with van der Waals surface area (Å²) in [5.41, 5.74) is 1.46. The molecule has 2 heterocycles. The first-order valence-electron chi connectivity index (χ1n) is 7.07. The SMILES string of the molecule is CC(C)NCc1ncnn1CC1Cc2ccccc2S1. The Morgan fingerprint density at radius 3 is 3.05 bits per heavy atom. The summed E-state index contributed by atoms with van der Waals surface area (Å²) < 4.78 is 2.04. The average molecular weight is 288 g/mol. The minimum atomic E-state index is 0.463. The number of fused-ring (bicyclic) bond motifs is 1. The molecular formula is C15H20N4S. The van der Waals surface area contributed by atoms with E-state index in [0.29, 0.717) is 11.3 Å². The predicted molar refractivity (Wildman–Crippen MR) is 81.8 cm³/mol. The van der Waals surface area contributed by atoms with Gasteiger partial charge in [0.15, 0.2) is 0 Å². The van der Waals surface area contributed by atoms with Crippen LogP contribution in [0.2, 0.25) is 0 Å². The van der Waals surface area contributed by atoms with Gasteiger partial charge in [0.1, 0.15) is 12.2 Å². The van der Waals surface area contributed by atoms with E-state index < -0.39 is 0 Å². The minimum absolute atomic E-state index is 0.463. The molecule has 0 radical (unpaired) electrons. The zero-order valence-electron chi connectivity index (χ0n) is 11.9. The number of hydrogen-bond acceptors (Lipinski definition) is 4. The van der Waals surface area contributed by atoms with E-state index in [1.807, 2.05) is 16.4 Å². The molecule has 1 aliphatic rings. The highest BCUT2D eigenvalue weighted by Crippen LogP contribution is 2.37. The Bertz CT molecular complexity index is 554. The fourth-order valence-electron chi connectivity index (χ4n) is 2.42. The van der Waals surface area contributed by atoms with Crippen molar-refractivity contribution in [2.75, 3.05) is 0 Å². The summed E-state index contributed by atoms with van der Waals surface area (Å²) in [5, 5.41) is 8.33. The van der Waals surface area contributed by atoms with Crippen LogP contribution >= 0.6 is 11.8 Å². The molecule has 0 amide bonds. The summed E-state index contributed by atoms with van der Waals surface area (Å²) in [6.07, 6.45) is 2.78. The minimum Gasteiger partial charge on any atom is -0.308 e. The standard InChI is InChI=1S/C15H20N4S/c1-11(2)16-8-15-17-10-18-19(15)9-13-7-12-5-3-4-6-14(12)20-13/h3-6,10-11,13,16H,7-9H2,1-2H3. The molecule has 0 bridgehead atoms. The lowest BCUT2D eigenvalue weighted by Crippen LogP contribution is -2.25. The van der Waals surface area contributed by atoms with Crippen molar-refractivity contribution in [3.63, 3.8) is 0 Å². The maximum Gasteiger partial charge on any atom is 0.140 e. The normalized spacial score (nSPS) is 17.6. The highest BCUT2D eigenvalue weighted by Gasteiger charge is 2.23. The highest BCUT2D eigenvalue weighted by molar-refractivity contribution is 8.00. The van der Waals surface area contributed by atoms with Crippen LogP contribution < -0.4 is 5.32 Å². The van der Waals surface area contributed by atoms with E-state index in [0.717, 1.165) is 25.3 Å². The molecule has 4 nitrogen and oxygen atoms in total. The molecule has 2 aromatic rings. The third kappa shape index (κ3) is 3.04. The first kappa shape index (κ1) is 13.6. The van der Waals surface area contributed by atoms with Gasteiger partial charge in [0.2, 0.25) is 0 Å². The van der Waals surface area contributed by atoms with Gasteiger partial charge in [-0.25, -0.2) is 9.67 Å². The fraction of sp³-hybridized carbons (Fsp3) is 0.467. The van der Waals surface area contributed by atoms with Crippen LogP contribution in [0.15, 0.2) is 35.5 Å². The molecule has 5 heteroatoms. The van der Waals surface area contributed by atoms with E-state index in [1.165, 1.54) is 10.5 Å². The van der Waals surface area contributed by atoms with Gasteiger partial charge in [-0.05, 0) is 18.1 Å². The lowest BCUT2D eigenvalue weighted by molar-refractivity contribution is 0.514. The Kier molecular flexibility index (Phi) is 4.08. The van der Waals surface area contributed by atoms with Crippen molar-refractivity contribution in [1.82, 2.24) is 20.1 Å². The van der Waals surface area contributed by atoms with E-state index >= 15 is 0 Å². The van der Waals surface area contributed by atoms with Crippen LogP contribution in [0, 0.1) is 0 Å². The Hall–Kier alpha value is -1.33. The van der Waals surface area contributed by atoms with Crippen molar-refractivity contribution in [3.8, 4) is 0 Å². The van der Waals surface area contributed by atoms with Crippen LogP contribution in [-0.2, 0) is 19.5 Å². The second-order valence-corrected chi connectivity index (χ2v) is 6.79. The van der Waals surface area contributed by atoms with Gasteiger partial charge in [-0.3, -0.25) is 0 Å². The van der Waals surface area contributed by atoms with Crippen molar-refractivity contribution >= 4 is 11.8 Å². The molecule has 1 aromatic heterocycles. The molecular weight excluding hydrogens is 268 g/mol. The zero-order valence-corrected chi connectivity index (χ0v) is 12.7. The third-order valence-electron chi connectivity index (χ3n) is 3.45. The van der Waals surface area contributed by atoms with Crippen molar-refractivity contribution in [1.29, 1.82) is 0 Å². The number of aromatic nitrogens is 3. The molecule has 1 unspecified atom stereocenters. The monoisotopic (exact) mass is 288 g/mol. The molecule has 0 spiro atoms. The Morgan fingerprint density at radius 1 is 1.40 bits per heavy atom. The van der Waals surface area contributed by atoms with Crippen LogP contribution in [-0.4, -0.2) is 26.1 Å². The maximum absolute atomic E-state index is 4.37. The van der Waals surface area contributed by atoms with Crippen molar-refractivity contribution < 1.29 is 0 Å². The van der Waals surface area contributed by atoms with E-state index in [2.05, 4.69) is 53.5 Å². The van der Waals surface area contributed by atoms with Gasteiger partial charge in [-0.2, -0.15) is 5.10 Å². The van der Waals surface area contributed by atoms with Gasteiger partial charge in [0.05, 0.1) is 13.1 Å². The lowest BCUT2D eigenvalue weighted by Gasteiger charge is -2.12. The summed E-state index contributed by atoms with van der Waals surface area (Å²) in [6, 6.07) is 9.13. The molecule has 0 saturated heterocycles. The van der Waals surface area contributed by atoms with Crippen molar-refractivity contribution in [2.24, 2.45) is 0 Å². The molecule has 1 atom stereocenters. The third-order valence-corrected chi connectivity index (χ3v) is 4.76. The van der Waals surface area contributed by atoms with Gasteiger partial charge in [-0.15, -0.1) is 11.8 Å². The Morgan fingerprint density at radius 2 is 2.25 bits per heavy atom. The largest absolute Gasteiger partial charge is 0.308 e. The van der Waals surface area contributed by atoms with E-state index in [4.69, 9.17) is 0 Å². The predicted octanol–water partition coefficient (Wildman–Crippen LogP) is 2.49. The second kappa shape index (κ2) is 5.97. The molecule has 0 aliphatic carbocycles. The molecule has 20 heavy (non-hydrogen) atoms. The van der Waals surface area contributed by atoms with E-state index in [-0.39, 0.29) is 0 Å². The van der Waals surface area contributed by atoms with E-state index in [9.17, 15) is 0 Å². The molecule has 3 rings (SSSR count). The van der Waals surface area contributed by atoms with Crippen LogP contribution in [0.3, 0.4) is 0 Å². The van der Waals surface area contributed by atoms with Crippen LogP contribution in [0.1, 0.15) is 25.2 Å². The number of benzene rings is 1. The lowest BCUT2D eigenvalue weighted by atomic mass is 10.1. The van der Waals surface area contributed by atoms with Crippen molar-refractivity contribution in [3.05, 3.63) is 42.0 Å². The average Bonchev–Trinajstić information content (AvgIpc) is 3.02.